The summed E-state index contributed by atoms with van der Waals surface area (Å²) in [5, 5.41) is 5.31. The Kier molecular flexibility index (Phi) is 5.09. The van der Waals surface area contributed by atoms with Gasteiger partial charge < -0.3 is 5.32 Å². The van der Waals surface area contributed by atoms with Gasteiger partial charge in [0, 0.05) is 21.7 Å². The van der Waals surface area contributed by atoms with Gasteiger partial charge in [-0.1, -0.05) is 41.6 Å². The van der Waals surface area contributed by atoms with E-state index in [2.05, 4.69) is 26.2 Å². The molecule has 4 rings (SSSR count). The molecule has 0 spiro atoms. The van der Waals surface area contributed by atoms with Gasteiger partial charge in [-0.05, 0) is 36.1 Å². The molecule has 2 heterocycles. The summed E-state index contributed by atoms with van der Waals surface area (Å²) >= 11 is 4.86. The van der Waals surface area contributed by atoms with Crippen LogP contribution in [0.3, 0.4) is 0 Å². The Bertz CT molecular complexity index is 818. The summed E-state index contributed by atoms with van der Waals surface area (Å²) in [5.41, 5.74) is 1.83. The molecular weight excluding hydrogens is 414 g/mol. The molecule has 1 aromatic heterocycles. The first kappa shape index (κ1) is 17.7. The molecule has 5 nitrogen and oxygen atoms in total. The summed E-state index contributed by atoms with van der Waals surface area (Å²) in [4.78, 5) is 31.7. The van der Waals surface area contributed by atoms with Crippen molar-refractivity contribution in [3.63, 3.8) is 0 Å². The van der Waals surface area contributed by atoms with E-state index in [0.29, 0.717) is 23.9 Å². The van der Waals surface area contributed by atoms with Crippen LogP contribution in [0.25, 0.3) is 0 Å². The first-order chi connectivity index (χ1) is 12.6. The van der Waals surface area contributed by atoms with Crippen LogP contribution in [0.15, 0.2) is 34.2 Å². The summed E-state index contributed by atoms with van der Waals surface area (Å²) in [6.07, 6.45) is 7.41. The Morgan fingerprint density at radius 3 is 2.92 bits per heavy atom. The highest BCUT2D eigenvalue weighted by molar-refractivity contribution is 9.10. The van der Waals surface area contributed by atoms with Crippen LogP contribution in [0, 0.1) is 5.92 Å². The number of amides is 2. The van der Waals surface area contributed by atoms with E-state index in [4.69, 9.17) is 0 Å². The number of rotatable bonds is 5. The van der Waals surface area contributed by atoms with Crippen LogP contribution in [0.1, 0.15) is 37.7 Å². The fourth-order valence-corrected chi connectivity index (χ4v) is 4.96. The third-order valence-electron chi connectivity index (χ3n) is 5.22. The van der Waals surface area contributed by atoms with Crippen molar-refractivity contribution in [1.29, 1.82) is 0 Å². The molecule has 0 saturated heterocycles. The summed E-state index contributed by atoms with van der Waals surface area (Å²) < 4.78 is 0.950. The minimum atomic E-state index is -0.489. The number of hydrogen-bond acceptors (Lipinski definition) is 4. The predicted octanol–water partition coefficient (Wildman–Crippen LogP) is 4.38. The second-order valence-electron chi connectivity index (χ2n) is 6.94. The maximum atomic E-state index is 13.1. The molecule has 0 radical (unpaired) electrons. The number of carbonyl (C=O) groups is 2. The average molecular weight is 434 g/mol. The first-order valence-electron chi connectivity index (χ1n) is 8.92. The van der Waals surface area contributed by atoms with E-state index in [9.17, 15) is 9.59 Å². The van der Waals surface area contributed by atoms with Crippen molar-refractivity contribution < 1.29 is 9.59 Å². The molecule has 2 amide bonds. The average Bonchev–Trinajstić information content (AvgIpc) is 3.33. The minimum Gasteiger partial charge on any atom is -0.300 e. The normalized spacial score (nSPS) is 18.2. The zero-order valence-corrected chi connectivity index (χ0v) is 16.7. The lowest BCUT2D eigenvalue weighted by Gasteiger charge is -2.29. The van der Waals surface area contributed by atoms with Gasteiger partial charge in [0.15, 0.2) is 5.13 Å². The highest BCUT2D eigenvalue weighted by Crippen LogP contribution is 2.37. The number of fused-ring (bicyclic) bond motifs is 1. The lowest BCUT2D eigenvalue weighted by Crippen LogP contribution is -2.47. The largest absolute Gasteiger partial charge is 0.300 e. The molecule has 1 unspecified atom stereocenters. The standard InChI is InChI=1S/C19H20BrN3O2S/c20-14-5-6-15-13(10-14)11-17(24)23(15)16(9-12-3-1-2-4-12)18(25)22-19-21-7-8-26-19/h5-8,10,12,16H,1-4,9,11H2,(H,21,22,25). The molecule has 2 aromatic rings. The number of hydrogen-bond donors (Lipinski definition) is 1. The van der Waals surface area contributed by atoms with Crippen molar-refractivity contribution in [3.8, 4) is 0 Å². The minimum absolute atomic E-state index is 0.00427. The summed E-state index contributed by atoms with van der Waals surface area (Å²) in [7, 11) is 0. The zero-order valence-electron chi connectivity index (χ0n) is 14.3. The monoisotopic (exact) mass is 433 g/mol. The van der Waals surface area contributed by atoms with Gasteiger partial charge >= 0.3 is 0 Å². The topological polar surface area (TPSA) is 62.3 Å². The molecule has 0 bridgehead atoms. The van der Waals surface area contributed by atoms with E-state index in [-0.39, 0.29) is 11.8 Å². The highest BCUT2D eigenvalue weighted by Gasteiger charge is 2.38. The molecule has 1 saturated carbocycles. The van der Waals surface area contributed by atoms with E-state index >= 15 is 0 Å². The number of benzene rings is 1. The van der Waals surface area contributed by atoms with Crippen LogP contribution >= 0.6 is 27.3 Å². The number of halogens is 1. The van der Waals surface area contributed by atoms with E-state index < -0.39 is 6.04 Å². The zero-order chi connectivity index (χ0) is 18.1. The number of carbonyl (C=O) groups excluding carboxylic acids is 2. The number of nitrogens with zero attached hydrogens (tertiary/aromatic N) is 2. The van der Waals surface area contributed by atoms with Gasteiger partial charge in [-0.15, -0.1) is 11.3 Å². The van der Waals surface area contributed by atoms with Crippen molar-refractivity contribution in [2.45, 2.75) is 44.6 Å². The van der Waals surface area contributed by atoms with Crippen molar-refractivity contribution in [2.24, 2.45) is 5.92 Å². The van der Waals surface area contributed by atoms with E-state index in [1.165, 1.54) is 24.2 Å². The lowest BCUT2D eigenvalue weighted by atomic mass is 9.96. The van der Waals surface area contributed by atoms with Crippen LogP contribution < -0.4 is 10.2 Å². The van der Waals surface area contributed by atoms with Crippen molar-refractivity contribution in [3.05, 3.63) is 39.8 Å². The Labute approximate surface area is 164 Å². The molecule has 136 valence electrons. The molecule has 2 aliphatic rings. The van der Waals surface area contributed by atoms with Gasteiger partial charge in [0.1, 0.15) is 6.04 Å². The van der Waals surface area contributed by atoms with Crippen LogP contribution in [-0.4, -0.2) is 22.8 Å². The van der Waals surface area contributed by atoms with Crippen LogP contribution in [0.2, 0.25) is 0 Å². The Balaban J connectivity index is 1.63. The molecule has 1 aromatic carbocycles. The van der Waals surface area contributed by atoms with Crippen molar-refractivity contribution in [2.75, 3.05) is 10.2 Å². The second kappa shape index (κ2) is 7.48. The summed E-state index contributed by atoms with van der Waals surface area (Å²) in [6.45, 7) is 0. The number of anilines is 2. The number of nitrogens with one attached hydrogen (secondary N) is 1. The molecule has 7 heteroatoms. The van der Waals surface area contributed by atoms with Crippen molar-refractivity contribution >= 4 is 49.9 Å². The van der Waals surface area contributed by atoms with Gasteiger partial charge in [0.25, 0.3) is 0 Å². The molecular formula is C19H20BrN3O2S. The van der Waals surface area contributed by atoms with Gasteiger partial charge in [0.2, 0.25) is 11.8 Å². The predicted molar refractivity (Wildman–Crippen MR) is 106 cm³/mol. The van der Waals surface area contributed by atoms with E-state index in [1.807, 2.05) is 23.6 Å². The SMILES string of the molecule is O=C(Nc1nccs1)C(CC1CCCC1)N1C(=O)Cc2cc(Br)ccc21. The fourth-order valence-electron chi connectivity index (χ4n) is 4.02. The van der Waals surface area contributed by atoms with Gasteiger partial charge in [0.05, 0.1) is 6.42 Å². The van der Waals surface area contributed by atoms with Gasteiger partial charge in [-0.3, -0.25) is 14.5 Å². The maximum absolute atomic E-state index is 13.1. The Morgan fingerprint density at radius 1 is 1.38 bits per heavy atom. The maximum Gasteiger partial charge on any atom is 0.249 e. The number of thiazole rings is 1. The smallest absolute Gasteiger partial charge is 0.249 e. The van der Waals surface area contributed by atoms with Crippen LogP contribution in [-0.2, 0) is 16.0 Å². The molecule has 1 N–H and O–H groups in total. The van der Waals surface area contributed by atoms with Gasteiger partial charge in [-0.2, -0.15) is 0 Å². The van der Waals surface area contributed by atoms with E-state index in [0.717, 1.165) is 28.6 Å². The highest BCUT2D eigenvalue weighted by atomic mass is 79.9. The lowest BCUT2D eigenvalue weighted by molar-refractivity contribution is -0.123. The Morgan fingerprint density at radius 2 is 2.19 bits per heavy atom. The fraction of sp³-hybridized carbons (Fsp3) is 0.421. The first-order valence-corrected chi connectivity index (χ1v) is 10.6. The molecule has 1 fully saturated rings. The van der Waals surface area contributed by atoms with Gasteiger partial charge in [-0.25, -0.2) is 4.98 Å². The van der Waals surface area contributed by atoms with Crippen LogP contribution in [0.4, 0.5) is 10.8 Å². The quantitative estimate of drug-likeness (QED) is 0.760. The third-order valence-corrected chi connectivity index (χ3v) is 6.40. The second-order valence-corrected chi connectivity index (χ2v) is 8.75. The van der Waals surface area contributed by atoms with Crippen LogP contribution in [0.5, 0.6) is 0 Å². The summed E-state index contributed by atoms with van der Waals surface area (Å²) in [6, 6.07) is 5.34. The summed E-state index contributed by atoms with van der Waals surface area (Å²) in [5.74, 6) is 0.348. The molecule has 1 aliphatic carbocycles. The Hall–Kier alpha value is -1.73. The third kappa shape index (κ3) is 3.55. The molecule has 1 aliphatic heterocycles. The molecule has 26 heavy (non-hydrogen) atoms. The van der Waals surface area contributed by atoms with E-state index in [1.54, 1.807) is 11.1 Å². The number of aromatic nitrogens is 1. The molecule has 1 atom stereocenters. The van der Waals surface area contributed by atoms with Crippen molar-refractivity contribution in [1.82, 2.24) is 4.98 Å².